The third-order valence-corrected chi connectivity index (χ3v) is 2.59. The molecule has 5 nitrogen and oxygen atoms in total. The van der Waals surface area contributed by atoms with Gasteiger partial charge in [0.25, 0.3) is 5.56 Å². The van der Waals surface area contributed by atoms with Crippen LogP contribution in [0, 0.1) is 6.92 Å². The van der Waals surface area contributed by atoms with Crippen molar-refractivity contribution in [2.45, 2.75) is 26.6 Å². The first kappa shape index (κ1) is 13.3. The molecule has 2 heterocycles. The third kappa shape index (κ3) is 2.38. The zero-order chi connectivity index (χ0) is 14.4. The average molecular weight is 273 g/mol. The second-order valence-corrected chi connectivity index (χ2v) is 4.21. The number of ketones is 1. The van der Waals surface area contributed by atoms with Gasteiger partial charge in [-0.25, -0.2) is 4.98 Å². The maximum atomic E-state index is 12.6. The fraction of sp³-hybridized carbons (Fsp3) is 0.364. The monoisotopic (exact) mass is 273 g/mol. The molecule has 0 atom stereocenters. The van der Waals surface area contributed by atoms with Crippen molar-refractivity contribution in [2.24, 2.45) is 0 Å². The smallest absolute Gasteiger partial charge is 0.307 e. The Morgan fingerprint density at radius 1 is 1.42 bits per heavy atom. The second-order valence-electron chi connectivity index (χ2n) is 4.21. The standard InChI is InChI=1S/C11H10F3N3O2/c1-6-4-17-9(19)3-8(11(12,13)14)15-10(17)16(6)5-7(2)18/h3-4H,5H2,1-2H3. The molecule has 0 saturated carbocycles. The van der Waals surface area contributed by atoms with Gasteiger partial charge in [0, 0.05) is 18.0 Å². The fourth-order valence-electron chi connectivity index (χ4n) is 1.77. The van der Waals surface area contributed by atoms with Crippen molar-refractivity contribution in [3.63, 3.8) is 0 Å². The summed E-state index contributed by atoms with van der Waals surface area (Å²) >= 11 is 0. The number of carbonyl (C=O) groups is 1. The lowest BCUT2D eigenvalue weighted by Crippen LogP contribution is -2.20. The van der Waals surface area contributed by atoms with Gasteiger partial charge in [0.05, 0.1) is 6.54 Å². The molecule has 2 aromatic heterocycles. The summed E-state index contributed by atoms with van der Waals surface area (Å²) in [5.41, 5.74) is -1.61. The first-order chi connectivity index (χ1) is 8.70. The molecular formula is C11H10F3N3O2. The molecule has 0 bridgehead atoms. The van der Waals surface area contributed by atoms with Crippen molar-refractivity contribution < 1.29 is 18.0 Å². The van der Waals surface area contributed by atoms with E-state index in [2.05, 4.69) is 4.98 Å². The Labute approximate surface area is 105 Å². The van der Waals surface area contributed by atoms with Crippen LogP contribution >= 0.6 is 0 Å². The van der Waals surface area contributed by atoms with Crippen LogP contribution in [0.3, 0.4) is 0 Å². The van der Waals surface area contributed by atoms with Gasteiger partial charge in [0.1, 0.15) is 5.78 Å². The number of halogens is 3. The number of nitrogens with zero attached hydrogens (tertiary/aromatic N) is 3. The predicted molar refractivity (Wildman–Crippen MR) is 59.9 cm³/mol. The average Bonchev–Trinajstić information content (AvgIpc) is 2.55. The number of aromatic nitrogens is 3. The first-order valence-electron chi connectivity index (χ1n) is 5.36. The second kappa shape index (κ2) is 4.22. The van der Waals surface area contributed by atoms with Crippen LogP contribution in [0.25, 0.3) is 5.78 Å². The topological polar surface area (TPSA) is 56.4 Å². The van der Waals surface area contributed by atoms with E-state index in [1.165, 1.54) is 17.7 Å². The normalized spacial score (nSPS) is 12.1. The maximum Gasteiger partial charge on any atom is 0.433 e. The van der Waals surface area contributed by atoms with Crippen LogP contribution in [0.1, 0.15) is 18.3 Å². The highest BCUT2D eigenvalue weighted by atomic mass is 19.4. The van der Waals surface area contributed by atoms with Gasteiger partial charge in [-0.2, -0.15) is 13.2 Å². The number of hydrogen-bond acceptors (Lipinski definition) is 3. The molecule has 2 aromatic rings. The lowest BCUT2D eigenvalue weighted by Gasteiger charge is -2.07. The first-order valence-corrected chi connectivity index (χ1v) is 5.36. The van der Waals surface area contributed by atoms with Crippen molar-refractivity contribution in [1.29, 1.82) is 0 Å². The van der Waals surface area contributed by atoms with E-state index in [0.717, 1.165) is 4.40 Å². The molecule has 8 heteroatoms. The summed E-state index contributed by atoms with van der Waals surface area (Å²) in [6, 6.07) is 0.435. The number of fused-ring (bicyclic) bond motifs is 1. The Hall–Kier alpha value is -2.12. The Morgan fingerprint density at radius 3 is 2.58 bits per heavy atom. The van der Waals surface area contributed by atoms with Crippen LogP contribution in [0.5, 0.6) is 0 Å². The van der Waals surface area contributed by atoms with Gasteiger partial charge in [0.2, 0.25) is 5.78 Å². The minimum atomic E-state index is -4.70. The van der Waals surface area contributed by atoms with Crippen LogP contribution in [0.4, 0.5) is 13.2 Å². The van der Waals surface area contributed by atoms with Crippen LogP contribution in [-0.4, -0.2) is 19.7 Å². The highest BCUT2D eigenvalue weighted by Gasteiger charge is 2.34. The van der Waals surface area contributed by atoms with Crippen molar-refractivity contribution in [2.75, 3.05) is 0 Å². The molecular weight excluding hydrogens is 263 g/mol. The number of imidazole rings is 1. The third-order valence-electron chi connectivity index (χ3n) is 2.59. The molecule has 0 radical (unpaired) electrons. The Bertz CT molecular complexity index is 712. The van der Waals surface area contributed by atoms with Crippen LogP contribution in [0.15, 0.2) is 17.1 Å². The summed E-state index contributed by atoms with van der Waals surface area (Å²) in [7, 11) is 0. The molecule has 0 aliphatic rings. The quantitative estimate of drug-likeness (QED) is 0.831. The number of rotatable bonds is 2. The number of carbonyl (C=O) groups excluding carboxylic acids is 1. The van der Waals surface area contributed by atoms with Crippen LogP contribution in [-0.2, 0) is 17.5 Å². The van der Waals surface area contributed by atoms with Gasteiger partial charge >= 0.3 is 6.18 Å². The largest absolute Gasteiger partial charge is 0.433 e. The summed E-state index contributed by atoms with van der Waals surface area (Å²) in [5.74, 6) is -0.430. The summed E-state index contributed by atoms with van der Waals surface area (Å²) in [6.07, 6.45) is -3.35. The number of Topliss-reactive ketones (excluding diaryl/α,β-unsaturated/α-hetero) is 1. The van der Waals surface area contributed by atoms with Crippen LogP contribution in [0.2, 0.25) is 0 Å². The van der Waals surface area contributed by atoms with Crippen molar-refractivity contribution in [3.05, 3.63) is 34.0 Å². The predicted octanol–water partition coefficient (Wildman–Crippen LogP) is 1.41. The van der Waals surface area contributed by atoms with E-state index >= 15 is 0 Å². The molecule has 0 amide bonds. The lowest BCUT2D eigenvalue weighted by atomic mass is 10.4. The van der Waals surface area contributed by atoms with Gasteiger partial charge in [-0.05, 0) is 13.8 Å². The zero-order valence-electron chi connectivity index (χ0n) is 10.2. The highest BCUT2D eigenvalue weighted by molar-refractivity contribution is 5.76. The molecule has 19 heavy (non-hydrogen) atoms. The van der Waals surface area contributed by atoms with E-state index in [1.54, 1.807) is 6.92 Å². The molecule has 0 saturated heterocycles. The molecule has 2 rings (SSSR count). The Kier molecular flexibility index (Phi) is 2.95. The molecule has 0 unspecified atom stereocenters. The van der Waals surface area contributed by atoms with Crippen molar-refractivity contribution >= 4 is 11.6 Å². The molecule has 102 valence electrons. The van der Waals surface area contributed by atoms with E-state index < -0.39 is 17.4 Å². The molecule has 0 spiro atoms. The van der Waals surface area contributed by atoms with Gasteiger partial charge in [-0.15, -0.1) is 0 Å². The zero-order valence-corrected chi connectivity index (χ0v) is 10.2. The van der Waals surface area contributed by atoms with Crippen molar-refractivity contribution in [3.8, 4) is 0 Å². The van der Waals surface area contributed by atoms with Gasteiger partial charge in [-0.3, -0.25) is 14.0 Å². The minimum Gasteiger partial charge on any atom is -0.307 e. The van der Waals surface area contributed by atoms with Crippen LogP contribution < -0.4 is 5.56 Å². The Balaban J connectivity index is 2.77. The summed E-state index contributed by atoms with van der Waals surface area (Å²) in [5, 5.41) is 0. The highest BCUT2D eigenvalue weighted by Crippen LogP contribution is 2.26. The Morgan fingerprint density at radius 2 is 2.05 bits per heavy atom. The molecule has 0 aromatic carbocycles. The fourth-order valence-corrected chi connectivity index (χ4v) is 1.77. The summed E-state index contributed by atoms with van der Waals surface area (Å²) < 4.78 is 40.1. The summed E-state index contributed by atoms with van der Waals surface area (Å²) in [4.78, 5) is 26.2. The molecule has 0 aliphatic heterocycles. The van der Waals surface area contributed by atoms with E-state index in [4.69, 9.17) is 0 Å². The minimum absolute atomic E-state index is 0.129. The lowest BCUT2D eigenvalue weighted by molar-refractivity contribution is -0.141. The number of alkyl halides is 3. The number of hydrogen-bond donors (Lipinski definition) is 0. The molecule has 0 N–H and O–H groups in total. The maximum absolute atomic E-state index is 12.6. The van der Waals surface area contributed by atoms with E-state index in [1.807, 2.05) is 0 Å². The van der Waals surface area contributed by atoms with Crippen molar-refractivity contribution in [1.82, 2.24) is 14.0 Å². The van der Waals surface area contributed by atoms with E-state index in [-0.39, 0.29) is 18.1 Å². The summed E-state index contributed by atoms with van der Waals surface area (Å²) in [6.45, 7) is 2.77. The number of aryl methyl sites for hydroxylation is 1. The molecule has 0 fully saturated rings. The van der Waals surface area contributed by atoms with Gasteiger partial charge in [0.15, 0.2) is 5.69 Å². The SMILES string of the molecule is CC(=O)Cn1c(C)cn2c(=O)cc(C(F)(F)F)nc12. The molecule has 0 aliphatic carbocycles. The van der Waals surface area contributed by atoms with Gasteiger partial charge < -0.3 is 4.57 Å². The van der Waals surface area contributed by atoms with E-state index in [9.17, 15) is 22.8 Å². The van der Waals surface area contributed by atoms with E-state index in [0.29, 0.717) is 11.8 Å². The van der Waals surface area contributed by atoms with Gasteiger partial charge in [-0.1, -0.05) is 0 Å².